The van der Waals surface area contributed by atoms with Crippen LogP contribution in [0.4, 0.5) is 5.69 Å². The van der Waals surface area contributed by atoms with Gasteiger partial charge in [-0.15, -0.1) is 0 Å². The van der Waals surface area contributed by atoms with E-state index in [0.717, 1.165) is 49.7 Å². The molecular formula is C21H27NO4. The molecule has 140 valence electrons. The van der Waals surface area contributed by atoms with Gasteiger partial charge in [-0.2, -0.15) is 0 Å². The Balaban J connectivity index is 1.63. The fourth-order valence-electron chi connectivity index (χ4n) is 5.30. The molecule has 3 saturated carbocycles. The third-order valence-corrected chi connectivity index (χ3v) is 7.27. The molecule has 3 aliphatic carbocycles. The topological polar surface area (TPSA) is 75.6 Å². The number of nitrogens with one attached hydrogen (secondary N) is 1. The lowest BCUT2D eigenvalue weighted by Gasteiger charge is -2.52. The third kappa shape index (κ3) is 2.30. The van der Waals surface area contributed by atoms with Crippen LogP contribution < -0.4 is 5.32 Å². The molecule has 1 amide bonds. The number of benzene rings is 1. The van der Waals surface area contributed by atoms with Crippen LogP contribution >= 0.6 is 0 Å². The lowest BCUT2D eigenvalue weighted by molar-refractivity contribution is -0.158. The highest BCUT2D eigenvalue weighted by atomic mass is 16.5. The van der Waals surface area contributed by atoms with Crippen LogP contribution in [0.15, 0.2) is 12.1 Å². The predicted molar refractivity (Wildman–Crippen MR) is 97.9 cm³/mol. The minimum absolute atomic E-state index is 0.0216. The van der Waals surface area contributed by atoms with Gasteiger partial charge in [0.15, 0.2) is 5.60 Å². The maximum Gasteiger partial charge on any atom is 0.261 e. The van der Waals surface area contributed by atoms with Crippen LogP contribution in [0.3, 0.4) is 0 Å². The average molecular weight is 357 g/mol. The first-order valence-electron chi connectivity index (χ1n) is 9.48. The first kappa shape index (κ1) is 17.7. The summed E-state index contributed by atoms with van der Waals surface area (Å²) in [6, 6.07) is 3.82. The summed E-state index contributed by atoms with van der Waals surface area (Å²) in [5.74, 6) is -0.458. The van der Waals surface area contributed by atoms with Crippen molar-refractivity contribution in [2.24, 2.45) is 5.41 Å². The van der Waals surface area contributed by atoms with Crippen molar-refractivity contribution in [2.75, 3.05) is 12.4 Å². The number of hydrogen-bond acceptors (Lipinski definition) is 4. The van der Waals surface area contributed by atoms with Crippen LogP contribution in [0.5, 0.6) is 0 Å². The molecule has 1 aliphatic heterocycles. The van der Waals surface area contributed by atoms with Gasteiger partial charge in [0, 0.05) is 24.5 Å². The van der Waals surface area contributed by atoms with Gasteiger partial charge in [0.25, 0.3) is 5.91 Å². The predicted octanol–water partition coefficient (Wildman–Crippen LogP) is 3.14. The number of amides is 1. The number of aliphatic hydroxyl groups is 1. The molecule has 1 atom stereocenters. The molecule has 1 aromatic carbocycles. The fourth-order valence-corrected chi connectivity index (χ4v) is 5.30. The van der Waals surface area contributed by atoms with E-state index in [1.54, 1.807) is 7.11 Å². The Morgan fingerprint density at radius 1 is 1.12 bits per heavy atom. The van der Waals surface area contributed by atoms with E-state index in [2.05, 4.69) is 5.32 Å². The molecule has 1 unspecified atom stereocenters. The second kappa shape index (κ2) is 5.64. The zero-order valence-electron chi connectivity index (χ0n) is 15.8. The molecule has 1 aromatic rings. The van der Waals surface area contributed by atoms with E-state index >= 15 is 0 Å². The summed E-state index contributed by atoms with van der Waals surface area (Å²) in [6.07, 6.45) is 4.87. The van der Waals surface area contributed by atoms with E-state index in [4.69, 9.17) is 4.74 Å². The standard InChI is InChI=1S/C21H27NO4/c1-13-4-5-14(2)17-16(13)21(25,18(24)22-17)12-15(23)19-6-9-20(26-3,10-7-19)11-8-19/h4-5,25H,6-12H2,1-3H3,(H,22,24). The summed E-state index contributed by atoms with van der Waals surface area (Å²) in [6.45, 7) is 3.78. The number of rotatable bonds is 4. The van der Waals surface area contributed by atoms with Gasteiger partial charge in [0.05, 0.1) is 11.3 Å². The Hall–Kier alpha value is -1.72. The molecule has 4 aliphatic rings. The quantitative estimate of drug-likeness (QED) is 0.868. The van der Waals surface area contributed by atoms with Crippen LogP contribution in [-0.2, 0) is 19.9 Å². The van der Waals surface area contributed by atoms with Gasteiger partial charge in [0.1, 0.15) is 5.78 Å². The van der Waals surface area contributed by atoms with Crippen LogP contribution in [0.25, 0.3) is 0 Å². The second-order valence-corrected chi connectivity index (χ2v) is 8.53. The van der Waals surface area contributed by atoms with E-state index < -0.39 is 16.9 Å². The molecule has 0 aromatic heterocycles. The molecule has 2 bridgehead atoms. The number of methoxy groups -OCH3 is 1. The number of fused-ring (bicyclic) bond motifs is 4. The number of Topliss-reactive ketones (excluding diaryl/α,β-unsaturated/α-hetero) is 1. The van der Waals surface area contributed by atoms with Crippen molar-refractivity contribution >= 4 is 17.4 Å². The molecule has 1 heterocycles. The van der Waals surface area contributed by atoms with Crippen molar-refractivity contribution in [3.63, 3.8) is 0 Å². The highest BCUT2D eigenvalue weighted by molar-refractivity contribution is 6.08. The van der Waals surface area contributed by atoms with Crippen molar-refractivity contribution in [1.29, 1.82) is 0 Å². The molecule has 0 spiro atoms. The molecule has 3 fully saturated rings. The second-order valence-electron chi connectivity index (χ2n) is 8.53. The maximum absolute atomic E-state index is 13.3. The summed E-state index contributed by atoms with van der Waals surface area (Å²) in [4.78, 5) is 25.9. The number of carbonyl (C=O) groups is 2. The summed E-state index contributed by atoms with van der Waals surface area (Å²) in [5.41, 5.74) is 0.743. The van der Waals surface area contributed by atoms with Gasteiger partial charge >= 0.3 is 0 Å². The molecule has 5 nitrogen and oxygen atoms in total. The van der Waals surface area contributed by atoms with Gasteiger partial charge in [0.2, 0.25) is 0 Å². The first-order valence-corrected chi connectivity index (χ1v) is 9.48. The highest BCUT2D eigenvalue weighted by Gasteiger charge is 2.56. The molecular weight excluding hydrogens is 330 g/mol. The Bertz CT molecular complexity index is 775. The van der Waals surface area contributed by atoms with Gasteiger partial charge in [-0.3, -0.25) is 9.59 Å². The highest BCUT2D eigenvalue weighted by Crippen LogP contribution is 2.55. The van der Waals surface area contributed by atoms with E-state index in [-0.39, 0.29) is 17.8 Å². The van der Waals surface area contributed by atoms with Gasteiger partial charge in [-0.25, -0.2) is 0 Å². The molecule has 2 N–H and O–H groups in total. The fraction of sp³-hybridized carbons (Fsp3) is 0.619. The largest absolute Gasteiger partial charge is 0.378 e. The van der Waals surface area contributed by atoms with Crippen molar-refractivity contribution in [3.05, 3.63) is 28.8 Å². The number of anilines is 1. The first-order chi connectivity index (χ1) is 12.3. The van der Waals surface area contributed by atoms with E-state index in [1.807, 2.05) is 26.0 Å². The van der Waals surface area contributed by atoms with E-state index in [1.165, 1.54) is 0 Å². The van der Waals surface area contributed by atoms with Crippen LogP contribution in [0.1, 0.15) is 61.6 Å². The molecule has 5 rings (SSSR count). The monoisotopic (exact) mass is 357 g/mol. The summed E-state index contributed by atoms with van der Waals surface area (Å²) in [5, 5.41) is 14.1. The van der Waals surface area contributed by atoms with Gasteiger partial charge < -0.3 is 15.2 Å². The number of hydrogen-bond donors (Lipinski definition) is 2. The number of ketones is 1. The van der Waals surface area contributed by atoms with Crippen molar-refractivity contribution < 1.29 is 19.4 Å². The minimum atomic E-state index is -1.76. The van der Waals surface area contributed by atoms with Gasteiger partial charge in [-0.05, 0) is 63.5 Å². The van der Waals surface area contributed by atoms with Crippen LogP contribution in [0, 0.1) is 19.3 Å². The van der Waals surface area contributed by atoms with E-state index in [0.29, 0.717) is 11.3 Å². The summed E-state index contributed by atoms with van der Waals surface area (Å²) < 4.78 is 5.71. The molecule has 0 radical (unpaired) electrons. The van der Waals surface area contributed by atoms with Crippen molar-refractivity contribution in [1.82, 2.24) is 0 Å². The molecule has 26 heavy (non-hydrogen) atoms. The number of ether oxygens (including phenoxy) is 1. The summed E-state index contributed by atoms with van der Waals surface area (Å²) >= 11 is 0. The SMILES string of the molecule is COC12CCC(C(=O)CC3(O)C(=O)Nc4c(C)ccc(C)c43)(CC1)CC2. The average Bonchev–Trinajstić information content (AvgIpc) is 2.92. The van der Waals surface area contributed by atoms with Crippen molar-refractivity contribution in [3.8, 4) is 0 Å². The minimum Gasteiger partial charge on any atom is -0.378 e. The number of carbonyl (C=O) groups excluding carboxylic acids is 2. The molecule has 0 saturated heterocycles. The smallest absolute Gasteiger partial charge is 0.261 e. The van der Waals surface area contributed by atoms with E-state index in [9.17, 15) is 14.7 Å². The normalized spacial score (nSPS) is 35.3. The third-order valence-electron chi connectivity index (χ3n) is 7.27. The number of aryl methyl sites for hydroxylation is 2. The zero-order chi connectivity index (χ0) is 18.7. The summed E-state index contributed by atoms with van der Waals surface area (Å²) in [7, 11) is 1.76. The lowest BCUT2D eigenvalue weighted by atomic mass is 9.56. The maximum atomic E-state index is 13.3. The Kier molecular flexibility index (Phi) is 3.83. The Labute approximate surface area is 154 Å². The van der Waals surface area contributed by atoms with Crippen LogP contribution in [-0.4, -0.2) is 29.5 Å². The lowest BCUT2D eigenvalue weighted by Crippen LogP contribution is -2.52. The van der Waals surface area contributed by atoms with Gasteiger partial charge in [-0.1, -0.05) is 12.1 Å². The zero-order valence-corrected chi connectivity index (χ0v) is 15.8. The molecule has 5 heteroatoms. The Morgan fingerprint density at radius 2 is 1.69 bits per heavy atom. The Morgan fingerprint density at radius 3 is 2.27 bits per heavy atom. The van der Waals surface area contributed by atoms with Crippen molar-refractivity contribution in [2.45, 2.75) is 70.0 Å². The van der Waals surface area contributed by atoms with Crippen LogP contribution in [0.2, 0.25) is 0 Å².